The first-order chi connectivity index (χ1) is 9.16. The van der Waals surface area contributed by atoms with Gasteiger partial charge in [0.2, 0.25) is 0 Å². The van der Waals surface area contributed by atoms with E-state index in [0.717, 1.165) is 37.5 Å². The summed E-state index contributed by atoms with van der Waals surface area (Å²) >= 11 is 0. The Labute approximate surface area is 125 Å². The summed E-state index contributed by atoms with van der Waals surface area (Å²) in [6.07, 6.45) is 6.75. The van der Waals surface area contributed by atoms with Gasteiger partial charge in [-0.2, -0.15) is 0 Å². The van der Waals surface area contributed by atoms with E-state index in [9.17, 15) is 5.11 Å². The fraction of sp³-hybridized carbons (Fsp3) is 1.00. The Balaban J connectivity index is 2.20. The molecule has 2 saturated carbocycles. The van der Waals surface area contributed by atoms with E-state index in [1.807, 2.05) is 0 Å². The van der Waals surface area contributed by atoms with E-state index in [1.54, 1.807) is 0 Å². The zero-order valence-electron chi connectivity index (χ0n) is 14.2. The van der Waals surface area contributed by atoms with E-state index < -0.39 is 5.60 Å². The molecule has 0 bridgehead atoms. The minimum atomic E-state index is -0.548. The third kappa shape index (κ3) is 2.54. The van der Waals surface area contributed by atoms with Gasteiger partial charge in [-0.3, -0.25) is 0 Å². The quantitative estimate of drug-likeness (QED) is 0.822. The van der Waals surface area contributed by atoms with Gasteiger partial charge < -0.3 is 10.8 Å². The predicted molar refractivity (Wildman–Crippen MR) is 85.4 cm³/mol. The van der Waals surface area contributed by atoms with Crippen molar-refractivity contribution in [3.05, 3.63) is 0 Å². The predicted octanol–water partition coefficient (Wildman–Crippen LogP) is 3.96. The van der Waals surface area contributed by atoms with Gasteiger partial charge in [0.05, 0.1) is 5.60 Å². The van der Waals surface area contributed by atoms with E-state index in [1.165, 1.54) is 12.8 Å². The SMILES string of the molecule is CC(C)C1CCC(CN)(C2(O)CC(C)(C)CC2C)CC1. The highest BCUT2D eigenvalue weighted by Crippen LogP contribution is 2.59. The first-order valence-corrected chi connectivity index (χ1v) is 8.58. The van der Waals surface area contributed by atoms with Crippen LogP contribution < -0.4 is 5.73 Å². The first kappa shape index (κ1) is 16.3. The second kappa shape index (κ2) is 5.28. The average molecular weight is 281 g/mol. The molecule has 2 fully saturated rings. The molecule has 118 valence electrons. The highest BCUT2D eigenvalue weighted by Gasteiger charge is 2.59. The molecule has 2 aliphatic carbocycles. The monoisotopic (exact) mass is 281 g/mol. The summed E-state index contributed by atoms with van der Waals surface area (Å²) in [7, 11) is 0. The van der Waals surface area contributed by atoms with Gasteiger partial charge in [0.15, 0.2) is 0 Å². The molecule has 2 atom stereocenters. The van der Waals surface area contributed by atoms with Crippen molar-refractivity contribution in [2.24, 2.45) is 34.3 Å². The zero-order valence-corrected chi connectivity index (χ0v) is 14.2. The first-order valence-electron chi connectivity index (χ1n) is 8.58. The Morgan fingerprint density at radius 2 is 1.75 bits per heavy atom. The van der Waals surface area contributed by atoms with Crippen LogP contribution in [0.15, 0.2) is 0 Å². The minimum absolute atomic E-state index is 0.0361. The van der Waals surface area contributed by atoms with Crippen LogP contribution >= 0.6 is 0 Å². The van der Waals surface area contributed by atoms with Gasteiger partial charge in [-0.1, -0.05) is 34.6 Å². The van der Waals surface area contributed by atoms with Crippen molar-refractivity contribution in [2.45, 2.75) is 78.7 Å². The van der Waals surface area contributed by atoms with Crippen molar-refractivity contribution in [3.8, 4) is 0 Å². The van der Waals surface area contributed by atoms with Crippen LogP contribution in [-0.4, -0.2) is 17.3 Å². The third-order valence-electron chi connectivity index (χ3n) is 6.66. The second-order valence-electron chi connectivity index (χ2n) is 8.94. The maximum atomic E-state index is 11.5. The molecule has 0 aromatic heterocycles. The molecule has 2 heteroatoms. The number of nitrogens with two attached hydrogens (primary N) is 1. The van der Waals surface area contributed by atoms with Crippen LogP contribution in [0.1, 0.15) is 73.1 Å². The van der Waals surface area contributed by atoms with Crippen molar-refractivity contribution in [1.82, 2.24) is 0 Å². The molecule has 0 aromatic carbocycles. The Morgan fingerprint density at radius 3 is 2.10 bits per heavy atom. The molecule has 2 aliphatic rings. The molecule has 0 heterocycles. The minimum Gasteiger partial charge on any atom is -0.389 e. The van der Waals surface area contributed by atoms with E-state index in [-0.39, 0.29) is 10.8 Å². The summed E-state index contributed by atoms with van der Waals surface area (Å²) in [5.41, 5.74) is 5.89. The fourth-order valence-electron chi connectivity index (χ4n) is 5.36. The summed E-state index contributed by atoms with van der Waals surface area (Å²) in [5.74, 6) is 1.96. The Kier molecular flexibility index (Phi) is 4.30. The molecule has 2 nitrogen and oxygen atoms in total. The number of rotatable bonds is 3. The van der Waals surface area contributed by atoms with Gasteiger partial charge >= 0.3 is 0 Å². The van der Waals surface area contributed by atoms with Crippen LogP contribution in [0.2, 0.25) is 0 Å². The van der Waals surface area contributed by atoms with Crippen LogP contribution in [0.5, 0.6) is 0 Å². The summed E-state index contributed by atoms with van der Waals surface area (Å²) in [4.78, 5) is 0. The standard InChI is InChI=1S/C18H35NO/c1-13(2)15-6-8-17(12-19,9-7-15)18(20)11-16(4,5)10-14(18)3/h13-15,20H,6-12,19H2,1-5H3. The molecule has 0 aromatic rings. The van der Waals surface area contributed by atoms with E-state index >= 15 is 0 Å². The van der Waals surface area contributed by atoms with Crippen LogP contribution in [0.4, 0.5) is 0 Å². The van der Waals surface area contributed by atoms with Crippen LogP contribution in [0, 0.1) is 28.6 Å². The number of hydrogen-bond acceptors (Lipinski definition) is 2. The van der Waals surface area contributed by atoms with E-state index in [4.69, 9.17) is 5.73 Å². The van der Waals surface area contributed by atoms with Gasteiger partial charge in [-0.15, -0.1) is 0 Å². The fourth-order valence-corrected chi connectivity index (χ4v) is 5.36. The molecular formula is C18H35NO. The lowest BCUT2D eigenvalue weighted by molar-refractivity contribution is -0.130. The normalized spacial score (nSPS) is 45.0. The molecule has 0 aliphatic heterocycles. The molecule has 0 amide bonds. The van der Waals surface area contributed by atoms with Crippen molar-refractivity contribution >= 4 is 0 Å². The smallest absolute Gasteiger partial charge is 0.0746 e. The van der Waals surface area contributed by atoms with Crippen molar-refractivity contribution in [2.75, 3.05) is 6.54 Å². The highest BCUT2D eigenvalue weighted by molar-refractivity contribution is 5.10. The van der Waals surface area contributed by atoms with Crippen LogP contribution in [-0.2, 0) is 0 Å². The Morgan fingerprint density at radius 1 is 1.20 bits per heavy atom. The topological polar surface area (TPSA) is 46.2 Å². The molecule has 2 unspecified atom stereocenters. The maximum absolute atomic E-state index is 11.5. The van der Waals surface area contributed by atoms with E-state index in [0.29, 0.717) is 12.5 Å². The Hall–Kier alpha value is -0.0800. The highest BCUT2D eigenvalue weighted by atomic mass is 16.3. The van der Waals surface area contributed by atoms with Crippen molar-refractivity contribution in [3.63, 3.8) is 0 Å². The summed E-state index contributed by atoms with van der Waals surface area (Å²) < 4.78 is 0. The molecule has 0 radical (unpaired) electrons. The van der Waals surface area contributed by atoms with Crippen molar-refractivity contribution < 1.29 is 5.11 Å². The van der Waals surface area contributed by atoms with Gasteiger partial charge in [0, 0.05) is 12.0 Å². The van der Waals surface area contributed by atoms with E-state index in [2.05, 4.69) is 34.6 Å². The zero-order chi connectivity index (χ0) is 15.2. The molecule has 20 heavy (non-hydrogen) atoms. The Bertz CT molecular complexity index is 341. The summed E-state index contributed by atoms with van der Waals surface area (Å²) in [5, 5.41) is 11.5. The molecule has 0 saturated heterocycles. The third-order valence-corrected chi connectivity index (χ3v) is 6.66. The maximum Gasteiger partial charge on any atom is 0.0746 e. The lowest BCUT2D eigenvalue weighted by Crippen LogP contribution is -2.56. The summed E-state index contributed by atoms with van der Waals surface area (Å²) in [6.45, 7) is 12.1. The average Bonchev–Trinajstić information content (AvgIpc) is 2.58. The second-order valence-corrected chi connectivity index (χ2v) is 8.94. The van der Waals surface area contributed by atoms with Crippen LogP contribution in [0.3, 0.4) is 0 Å². The van der Waals surface area contributed by atoms with Gasteiger partial charge in [-0.25, -0.2) is 0 Å². The largest absolute Gasteiger partial charge is 0.389 e. The number of aliphatic hydroxyl groups is 1. The lowest BCUT2D eigenvalue weighted by Gasteiger charge is -2.52. The summed E-state index contributed by atoms with van der Waals surface area (Å²) in [6, 6.07) is 0. The van der Waals surface area contributed by atoms with Gasteiger partial charge in [0.25, 0.3) is 0 Å². The lowest BCUT2D eigenvalue weighted by atomic mass is 9.57. The molecule has 0 spiro atoms. The number of hydrogen-bond donors (Lipinski definition) is 2. The molecular weight excluding hydrogens is 246 g/mol. The van der Waals surface area contributed by atoms with Gasteiger partial charge in [0.1, 0.15) is 0 Å². The molecule has 3 N–H and O–H groups in total. The van der Waals surface area contributed by atoms with Gasteiger partial charge in [-0.05, 0) is 61.7 Å². The van der Waals surface area contributed by atoms with Crippen molar-refractivity contribution in [1.29, 1.82) is 0 Å². The molecule has 2 rings (SSSR count). The van der Waals surface area contributed by atoms with Crippen LogP contribution in [0.25, 0.3) is 0 Å².